The van der Waals surface area contributed by atoms with Gasteiger partial charge in [-0.25, -0.2) is 24.3 Å². The smallest absolute Gasteiger partial charge is 0.197 e. The first kappa shape index (κ1) is 15.6. The van der Waals surface area contributed by atoms with Gasteiger partial charge in [-0.15, -0.1) is 0 Å². The Kier molecular flexibility index (Phi) is 3.87. The van der Waals surface area contributed by atoms with E-state index in [1.165, 1.54) is 0 Å². The lowest BCUT2D eigenvalue weighted by Crippen LogP contribution is -2.10. The summed E-state index contributed by atoms with van der Waals surface area (Å²) in [5.41, 5.74) is 2.88. The Morgan fingerprint density at radius 3 is 2.24 bits per heavy atom. The molecule has 25 heavy (non-hydrogen) atoms. The predicted molar refractivity (Wildman–Crippen MR) is 93.9 cm³/mol. The van der Waals surface area contributed by atoms with Gasteiger partial charge < -0.3 is 4.90 Å². The van der Waals surface area contributed by atoms with Gasteiger partial charge in [0, 0.05) is 38.9 Å². The van der Waals surface area contributed by atoms with Crippen molar-refractivity contribution in [2.75, 3.05) is 19.0 Å². The fraction of sp³-hybridized carbons (Fsp3) is 0.263. The molecule has 1 aliphatic rings. The molecule has 0 N–H and O–H groups in total. The Balaban J connectivity index is 1.53. The summed E-state index contributed by atoms with van der Waals surface area (Å²) in [5, 5.41) is 0. The van der Waals surface area contributed by atoms with Crippen molar-refractivity contribution in [3.63, 3.8) is 0 Å². The molecule has 5 nitrogen and oxygen atoms in total. The summed E-state index contributed by atoms with van der Waals surface area (Å²) in [7, 11) is 3.70. The summed E-state index contributed by atoms with van der Waals surface area (Å²) >= 11 is 0. The molecule has 2 heterocycles. The zero-order chi connectivity index (χ0) is 17.4. The van der Waals surface area contributed by atoms with Gasteiger partial charge in [-0.1, -0.05) is 6.07 Å². The van der Waals surface area contributed by atoms with Crippen LogP contribution in [0.1, 0.15) is 29.4 Å². The molecule has 1 aromatic carbocycles. The molecule has 4 rings (SSSR count). The number of hydrogen-bond acceptors (Lipinski definition) is 5. The van der Waals surface area contributed by atoms with Gasteiger partial charge in [-0.05, 0) is 47.6 Å². The molecule has 3 aromatic rings. The maximum atomic E-state index is 13.9. The molecular weight excluding hydrogens is 317 g/mol. The summed E-state index contributed by atoms with van der Waals surface area (Å²) in [6.07, 6.45) is 8.07. The second-order valence-corrected chi connectivity index (χ2v) is 6.47. The second kappa shape index (κ2) is 6.20. The van der Waals surface area contributed by atoms with Gasteiger partial charge in [-0.3, -0.25) is 0 Å². The molecule has 2 aromatic heterocycles. The van der Waals surface area contributed by atoms with Crippen LogP contribution in [0.15, 0.2) is 49.1 Å². The first-order valence-electron chi connectivity index (χ1n) is 8.19. The van der Waals surface area contributed by atoms with E-state index in [0.29, 0.717) is 29.2 Å². The van der Waals surface area contributed by atoms with E-state index in [-0.39, 0.29) is 5.82 Å². The van der Waals surface area contributed by atoms with Gasteiger partial charge in [0.05, 0.1) is 5.69 Å². The molecule has 0 saturated heterocycles. The molecule has 1 saturated carbocycles. The summed E-state index contributed by atoms with van der Waals surface area (Å²) in [4.78, 5) is 18.9. The lowest BCUT2D eigenvalue weighted by Gasteiger charge is -2.14. The van der Waals surface area contributed by atoms with Crippen LogP contribution < -0.4 is 4.90 Å². The van der Waals surface area contributed by atoms with E-state index in [0.717, 1.165) is 17.5 Å². The number of anilines is 1. The molecule has 6 heteroatoms. The predicted octanol–water partition coefficient (Wildman–Crippen LogP) is 3.41. The van der Waals surface area contributed by atoms with Gasteiger partial charge in [-0.2, -0.15) is 0 Å². The number of halogens is 1. The van der Waals surface area contributed by atoms with Crippen molar-refractivity contribution in [3.05, 3.63) is 66.0 Å². The lowest BCUT2D eigenvalue weighted by molar-refractivity contribution is 0.625. The van der Waals surface area contributed by atoms with Crippen LogP contribution in [-0.4, -0.2) is 34.0 Å². The van der Waals surface area contributed by atoms with Crippen LogP contribution in [0.3, 0.4) is 0 Å². The van der Waals surface area contributed by atoms with Crippen molar-refractivity contribution in [1.82, 2.24) is 19.9 Å². The van der Waals surface area contributed by atoms with Crippen LogP contribution in [0.2, 0.25) is 0 Å². The molecule has 0 bridgehead atoms. The quantitative estimate of drug-likeness (QED) is 0.731. The molecule has 0 aliphatic heterocycles. The fourth-order valence-electron chi connectivity index (χ4n) is 3.09. The summed E-state index contributed by atoms with van der Waals surface area (Å²) in [6, 6.07) is 7.12. The van der Waals surface area contributed by atoms with Crippen molar-refractivity contribution in [3.8, 4) is 11.6 Å². The van der Waals surface area contributed by atoms with Crippen molar-refractivity contribution < 1.29 is 4.39 Å². The van der Waals surface area contributed by atoms with Crippen molar-refractivity contribution in [2.45, 2.75) is 18.3 Å². The van der Waals surface area contributed by atoms with E-state index in [2.05, 4.69) is 19.9 Å². The minimum atomic E-state index is -0.193. The monoisotopic (exact) mass is 335 g/mol. The van der Waals surface area contributed by atoms with E-state index in [4.69, 9.17) is 0 Å². The Bertz CT molecular complexity index is 880. The number of rotatable bonds is 4. The standard InChI is InChI=1S/C19H18FN5/c1-25(2)17-8-12(4-5-16(17)20)14-9-15(14)13-10-23-19(24-11-13)18-21-6-3-7-22-18/h3-8,10-11,14-15H,9H2,1-2H3/t14-,15-/m0/s1. The summed E-state index contributed by atoms with van der Waals surface area (Å²) < 4.78 is 13.9. The highest BCUT2D eigenvalue weighted by Crippen LogP contribution is 2.54. The molecule has 1 aliphatic carbocycles. The zero-order valence-electron chi connectivity index (χ0n) is 14.1. The van der Waals surface area contributed by atoms with Gasteiger partial charge in [0.1, 0.15) is 5.82 Å². The molecule has 0 amide bonds. The number of nitrogens with zero attached hydrogens (tertiary/aromatic N) is 5. The highest BCUT2D eigenvalue weighted by molar-refractivity contribution is 5.51. The average Bonchev–Trinajstić information content (AvgIpc) is 3.43. The zero-order valence-corrected chi connectivity index (χ0v) is 14.1. The number of benzene rings is 1. The maximum absolute atomic E-state index is 13.9. The average molecular weight is 335 g/mol. The third-order valence-electron chi connectivity index (χ3n) is 4.54. The topological polar surface area (TPSA) is 54.8 Å². The van der Waals surface area contributed by atoms with Gasteiger partial charge in [0.15, 0.2) is 11.6 Å². The molecule has 1 fully saturated rings. The highest BCUT2D eigenvalue weighted by Gasteiger charge is 2.40. The Hall–Kier alpha value is -2.89. The molecule has 2 atom stereocenters. The summed E-state index contributed by atoms with van der Waals surface area (Å²) in [5.74, 6) is 1.63. The van der Waals surface area contributed by atoms with Crippen LogP contribution in [-0.2, 0) is 0 Å². The molecule has 0 unspecified atom stereocenters. The van der Waals surface area contributed by atoms with Crippen LogP contribution in [0.4, 0.5) is 10.1 Å². The second-order valence-electron chi connectivity index (χ2n) is 6.47. The van der Waals surface area contributed by atoms with Gasteiger partial charge in [0.2, 0.25) is 0 Å². The minimum Gasteiger partial charge on any atom is -0.375 e. The first-order valence-corrected chi connectivity index (χ1v) is 8.19. The van der Waals surface area contributed by atoms with E-state index >= 15 is 0 Å². The normalized spacial score (nSPS) is 18.8. The van der Waals surface area contributed by atoms with Crippen LogP contribution in [0.5, 0.6) is 0 Å². The van der Waals surface area contributed by atoms with Gasteiger partial charge in [0.25, 0.3) is 0 Å². The molecular formula is C19H18FN5. The Morgan fingerprint density at radius 2 is 1.56 bits per heavy atom. The first-order chi connectivity index (χ1) is 12.1. The summed E-state index contributed by atoms with van der Waals surface area (Å²) in [6.45, 7) is 0. The minimum absolute atomic E-state index is 0.193. The fourth-order valence-corrected chi connectivity index (χ4v) is 3.09. The molecule has 0 spiro atoms. The maximum Gasteiger partial charge on any atom is 0.197 e. The Labute approximate surface area is 145 Å². The SMILES string of the molecule is CN(C)c1cc([C@@H]2C[C@H]2c2cnc(-c3ncccn3)nc2)ccc1F. The Morgan fingerprint density at radius 1 is 0.920 bits per heavy atom. The third-order valence-corrected chi connectivity index (χ3v) is 4.54. The van der Waals surface area contributed by atoms with Crippen molar-refractivity contribution >= 4 is 5.69 Å². The lowest BCUT2D eigenvalue weighted by atomic mass is 10.1. The van der Waals surface area contributed by atoms with Crippen LogP contribution >= 0.6 is 0 Å². The number of aromatic nitrogens is 4. The molecule has 0 radical (unpaired) electrons. The van der Waals surface area contributed by atoms with E-state index in [9.17, 15) is 4.39 Å². The van der Waals surface area contributed by atoms with Crippen molar-refractivity contribution in [2.24, 2.45) is 0 Å². The van der Waals surface area contributed by atoms with E-state index in [1.54, 1.807) is 29.4 Å². The van der Waals surface area contributed by atoms with Crippen LogP contribution in [0.25, 0.3) is 11.6 Å². The largest absolute Gasteiger partial charge is 0.375 e. The number of hydrogen-bond donors (Lipinski definition) is 0. The third kappa shape index (κ3) is 3.07. The van der Waals surface area contributed by atoms with Crippen molar-refractivity contribution in [1.29, 1.82) is 0 Å². The van der Waals surface area contributed by atoms with E-state index < -0.39 is 0 Å². The highest BCUT2D eigenvalue weighted by atomic mass is 19.1. The van der Waals surface area contributed by atoms with Gasteiger partial charge >= 0.3 is 0 Å². The molecule has 126 valence electrons. The van der Waals surface area contributed by atoms with Crippen LogP contribution in [0, 0.1) is 5.82 Å². The van der Waals surface area contributed by atoms with E-state index in [1.807, 2.05) is 38.6 Å².